The predicted octanol–water partition coefficient (Wildman–Crippen LogP) is 1.64. The van der Waals surface area contributed by atoms with E-state index in [-0.39, 0.29) is 12.5 Å². The third-order valence-corrected chi connectivity index (χ3v) is 4.47. The van der Waals surface area contributed by atoms with Crippen LogP contribution in [-0.4, -0.2) is 58.5 Å². The lowest BCUT2D eigenvalue weighted by Gasteiger charge is -2.39. The zero-order valence-corrected chi connectivity index (χ0v) is 13.8. The van der Waals surface area contributed by atoms with E-state index in [9.17, 15) is 14.7 Å². The maximum Gasteiger partial charge on any atom is 0.311 e. The Morgan fingerprint density at radius 1 is 1.48 bits per heavy atom. The fourth-order valence-electron chi connectivity index (χ4n) is 3.15. The average molecular weight is 323 g/mol. The number of carboxylic acids is 1. The van der Waals surface area contributed by atoms with Gasteiger partial charge < -0.3 is 14.7 Å². The molecule has 128 valence electrons. The highest BCUT2D eigenvalue weighted by Gasteiger charge is 2.43. The molecule has 1 aliphatic heterocycles. The number of hydrogen-bond acceptors (Lipinski definition) is 4. The number of amides is 1. The summed E-state index contributed by atoms with van der Waals surface area (Å²) >= 11 is 0. The molecule has 0 aliphatic carbocycles. The van der Waals surface area contributed by atoms with Crippen molar-refractivity contribution in [3.63, 3.8) is 0 Å². The molecule has 0 radical (unpaired) electrons. The van der Waals surface area contributed by atoms with Crippen molar-refractivity contribution in [1.29, 1.82) is 0 Å². The molecule has 1 aliphatic rings. The first kappa shape index (κ1) is 17.5. The molecule has 2 heterocycles. The predicted molar refractivity (Wildman–Crippen MR) is 84.2 cm³/mol. The minimum absolute atomic E-state index is 0.140. The third-order valence-electron chi connectivity index (χ3n) is 4.47. The maximum atomic E-state index is 12.8. The Bertz CT molecular complexity index is 557. The molecular weight excluding hydrogens is 298 g/mol. The summed E-state index contributed by atoms with van der Waals surface area (Å²) in [6.07, 6.45) is 4.17. The molecule has 1 aromatic rings. The van der Waals surface area contributed by atoms with Gasteiger partial charge in [-0.2, -0.15) is 5.10 Å². The molecule has 1 aromatic heterocycles. The molecule has 1 atom stereocenters. The van der Waals surface area contributed by atoms with Crippen LogP contribution in [0.15, 0.2) is 12.3 Å². The summed E-state index contributed by atoms with van der Waals surface area (Å²) in [4.78, 5) is 26.2. The molecule has 0 spiro atoms. The van der Waals surface area contributed by atoms with Gasteiger partial charge in [0.05, 0.1) is 5.41 Å². The number of aliphatic carboxylic acids is 1. The van der Waals surface area contributed by atoms with Gasteiger partial charge in [-0.3, -0.25) is 14.3 Å². The molecule has 0 aromatic carbocycles. The molecule has 1 fully saturated rings. The van der Waals surface area contributed by atoms with E-state index in [1.165, 1.54) is 0 Å². The van der Waals surface area contributed by atoms with Crippen LogP contribution in [-0.2, 0) is 16.1 Å². The van der Waals surface area contributed by atoms with E-state index < -0.39 is 11.4 Å². The van der Waals surface area contributed by atoms with Gasteiger partial charge in [0, 0.05) is 39.5 Å². The van der Waals surface area contributed by atoms with Crippen LogP contribution in [0.25, 0.3) is 0 Å². The number of ether oxygens (including phenoxy) is 1. The first-order valence-electron chi connectivity index (χ1n) is 8.07. The molecule has 7 nitrogen and oxygen atoms in total. The monoisotopic (exact) mass is 323 g/mol. The summed E-state index contributed by atoms with van der Waals surface area (Å²) < 4.78 is 6.75. The number of piperidine rings is 1. The summed E-state index contributed by atoms with van der Waals surface area (Å²) in [5.41, 5.74) is -0.390. The van der Waals surface area contributed by atoms with E-state index in [1.54, 1.807) is 29.0 Å². The smallest absolute Gasteiger partial charge is 0.311 e. The van der Waals surface area contributed by atoms with Gasteiger partial charge in [-0.05, 0) is 31.7 Å². The van der Waals surface area contributed by atoms with Crippen molar-refractivity contribution in [3.8, 4) is 0 Å². The largest absolute Gasteiger partial charge is 0.481 e. The summed E-state index contributed by atoms with van der Waals surface area (Å²) in [7, 11) is 1.56. The molecule has 2 rings (SSSR count). The van der Waals surface area contributed by atoms with Crippen LogP contribution in [0, 0.1) is 5.41 Å². The molecule has 1 amide bonds. The normalized spacial score (nSPS) is 21.4. The maximum absolute atomic E-state index is 12.8. The Hall–Kier alpha value is -1.89. The lowest BCUT2D eigenvalue weighted by atomic mass is 9.77. The van der Waals surface area contributed by atoms with Crippen molar-refractivity contribution in [1.82, 2.24) is 14.7 Å². The van der Waals surface area contributed by atoms with Crippen LogP contribution in [0.4, 0.5) is 0 Å². The van der Waals surface area contributed by atoms with Crippen molar-refractivity contribution in [2.24, 2.45) is 5.41 Å². The second kappa shape index (κ2) is 7.59. The van der Waals surface area contributed by atoms with Gasteiger partial charge in [0.2, 0.25) is 0 Å². The first-order chi connectivity index (χ1) is 11.0. The van der Waals surface area contributed by atoms with Gasteiger partial charge in [-0.1, -0.05) is 6.92 Å². The topological polar surface area (TPSA) is 84.7 Å². The third kappa shape index (κ3) is 3.72. The highest BCUT2D eigenvalue weighted by Crippen LogP contribution is 2.34. The number of carbonyl (C=O) groups is 2. The number of nitrogens with zero attached hydrogens (tertiary/aromatic N) is 3. The summed E-state index contributed by atoms with van der Waals surface area (Å²) in [6, 6.07) is 1.70. The van der Waals surface area contributed by atoms with Gasteiger partial charge in [0.1, 0.15) is 5.69 Å². The van der Waals surface area contributed by atoms with E-state index in [2.05, 4.69) is 5.10 Å². The number of methoxy groups -OCH3 is 1. The molecule has 23 heavy (non-hydrogen) atoms. The van der Waals surface area contributed by atoms with Crippen molar-refractivity contribution in [2.45, 2.75) is 39.2 Å². The van der Waals surface area contributed by atoms with Gasteiger partial charge >= 0.3 is 5.97 Å². The van der Waals surface area contributed by atoms with Crippen molar-refractivity contribution < 1.29 is 19.4 Å². The van der Waals surface area contributed by atoms with Gasteiger partial charge in [-0.15, -0.1) is 0 Å². The molecule has 1 N–H and O–H groups in total. The Kier molecular flexibility index (Phi) is 5.76. The van der Waals surface area contributed by atoms with Crippen LogP contribution in [0.3, 0.4) is 0 Å². The molecule has 7 heteroatoms. The van der Waals surface area contributed by atoms with Gasteiger partial charge in [0.25, 0.3) is 5.91 Å². The van der Waals surface area contributed by atoms with E-state index in [4.69, 9.17) is 4.74 Å². The Labute approximate surface area is 136 Å². The van der Waals surface area contributed by atoms with Crippen LogP contribution in [0.1, 0.15) is 43.1 Å². The SMILES string of the molecule is CCCn1nccc1C(=O)N1CCC[C@](CCOC)(C(=O)O)C1. The van der Waals surface area contributed by atoms with Crippen LogP contribution in [0.5, 0.6) is 0 Å². The Morgan fingerprint density at radius 3 is 2.91 bits per heavy atom. The van der Waals surface area contributed by atoms with E-state index >= 15 is 0 Å². The Balaban J connectivity index is 2.17. The van der Waals surface area contributed by atoms with Crippen LogP contribution >= 0.6 is 0 Å². The molecule has 0 saturated carbocycles. The molecule has 0 bridgehead atoms. The van der Waals surface area contributed by atoms with Crippen molar-refractivity contribution in [3.05, 3.63) is 18.0 Å². The minimum atomic E-state index is -0.917. The second-order valence-electron chi connectivity index (χ2n) is 6.10. The summed E-state index contributed by atoms with van der Waals surface area (Å²) in [6.45, 7) is 3.88. The fraction of sp³-hybridized carbons (Fsp3) is 0.688. The number of rotatable bonds is 7. The quantitative estimate of drug-likeness (QED) is 0.824. The second-order valence-corrected chi connectivity index (χ2v) is 6.10. The van der Waals surface area contributed by atoms with Gasteiger partial charge in [0.15, 0.2) is 0 Å². The fourth-order valence-corrected chi connectivity index (χ4v) is 3.15. The number of aryl methyl sites for hydroxylation is 1. The zero-order valence-electron chi connectivity index (χ0n) is 13.8. The molecule has 0 unspecified atom stereocenters. The summed E-state index contributed by atoms with van der Waals surface area (Å²) in [5, 5.41) is 13.8. The molecule has 1 saturated heterocycles. The van der Waals surface area contributed by atoms with Crippen molar-refractivity contribution in [2.75, 3.05) is 26.8 Å². The van der Waals surface area contributed by atoms with Crippen molar-refractivity contribution >= 4 is 11.9 Å². The number of aromatic nitrogens is 2. The number of likely N-dealkylation sites (tertiary alicyclic amines) is 1. The number of hydrogen-bond donors (Lipinski definition) is 1. The van der Waals surface area contributed by atoms with Crippen LogP contribution < -0.4 is 0 Å². The highest BCUT2D eigenvalue weighted by molar-refractivity contribution is 5.93. The summed E-state index contributed by atoms with van der Waals surface area (Å²) in [5.74, 6) is -0.993. The van der Waals surface area contributed by atoms with Gasteiger partial charge in [-0.25, -0.2) is 0 Å². The lowest BCUT2D eigenvalue weighted by molar-refractivity contribution is -0.153. The van der Waals surface area contributed by atoms with E-state index in [0.717, 1.165) is 6.42 Å². The van der Waals surface area contributed by atoms with E-state index in [0.29, 0.717) is 44.7 Å². The van der Waals surface area contributed by atoms with Crippen LogP contribution in [0.2, 0.25) is 0 Å². The highest BCUT2D eigenvalue weighted by atomic mass is 16.5. The molecular formula is C16H25N3O4. The number of carbonyl (C=O) groups excluding carboxylic acids is 1. The standard InChI is InChI=1S/C16H25N3O4/c1-3-9-19-13(5-8-17-19)14(20)18-10-4-6-16(12-18,15(21)22)7-11-23-2/h5,8H,3-4,6-7,9-12H2,1-2H3,(H,21,22)/t16-/m1/s1. The average Bonchev–Trinajstić information content (AvgIpc) is 3.01. The first-order valence-corrected chi connectivity index (χ1v) is 8.07. The minimum Gasteiger partial charge on any atom is -0.481 e. The zero-order chi connectivity index (χ0) is 16.9. The lowest BCUT2D eigenvalue weighted by Crippen LogP contribution is -2.50. The van der Waals surface area contributed by atoms with E-state index in [1.807, 2.05) is 6.92 Å². The number of carboxylic acid groups (broad SMARTS) is 1. The Morgan fingerprint density at radius 2 is 2.26 bits per heavy atom.